The molecule has 1 N–H and O–H groups in total. The van der Waals surface area contributed by atoms with Gasteiger partial charge in [-0.2, -0.15) is 9.37 Å². The minimum Gasteiger partial charge on any atom is -0.337 e. The molecule has 0 saturated carbocycles. The average Bonchev–Trinajstić information content (AvgIpc) is 2.36. The molecule has 0 spiro atoms. The number of thioether (sulfide) groups is 1. The molecule has 2 aromatic rings. The van der Waals surface area contributed by atoms with Crippen LogP contribution < -0.4 is 5.32 Å². The minimum atomic E-state index is -1.33. The predicted molar refractivity (Wildman–Crippen MR) is 65.6 cm³/mol. The molecule has 0 aliphatic heterocycles. The summed E-state index contributed by atoms with van der Waals surface area (Å²) in [5.74, 6) is -3.92. The number of hydrogen-bond acceptors (Lipinski definition) is 3. The molecule has 18 heavy (non-hydrogen) atoms. The Morgan fingerprint density at radius 1 is 1.11 bits per heavy atom. The van der Waals surface area contributed by atoms with Crippen molar-refractivity contribution in [3.63, 3.8) is 0 Å². The molecule has 0 fully saturated rings. The molecule has 0 atom stereocenters. The summed E-state index contributed by atoms with van der Waals surface area (Å²) >= 11 is 1.45. The normalized spacial score (nSPS) is 10.4. The zero-order chi connectivity index (χ0) is 13.1. The third-order valence-corrected chi connectivity index (χ3v) is 3.04. The largest absolute Gasteiger partial charge is 0.337 e. The van der Waals surface area contributed by atoms with Crippen LogP contribution >= 0.6 is 11.8 Å². The second-order valence-electron chi connectivity index (χ2n) is 3.42. The summed E-state index contributed by atoms with van der Waals surface area (Å²) in [6.45, 7) is 0. The lowest BCUT2D eigenvalue weighted by Crippen LogP contribution is -2.02. The van der Waals surface area contributed by atoms with E-state index in [4.69, 9.17) is 0 Å². The minimum absolute atomic E-state index is 0.338. The van der Waals surface area contributed by atoms with Gasteiger partial charge >= 0.3 is 0 Å². The lowest BCUT2D eigenvalue weighted by atomic mass is 10.3. The van der Waals surface area contributed by atoms with E-state index in [1.807, 2.05) is 18.4 Å². The highest BCUT2D eigenvalue weighted by molar-refractivity contribution is 7.98. The summed E-state index contributed by atoms with van der Waals surface area (Å²) in [5.41, 5.74) is 0.586. The molecule has 0 radical (unpaired) electrons. The van der Waals surface area contributed by atoms with Gasteiger partial charge in [-0.15, -0.1) is 11.8 Å². The van der Waals surface area contributed by atoms with E-state index in [0.29, 0.717) is 11.8 Å². The van der Waals surface area contributed by atoms with Crippen molar-refractivity contribution in [1.29, 1.82) is 0 Å². The van der Waals surface area contributed by atoms with Crippen LogP contribution in [0.25, 0.3) is 0 Å². The van der Waals surface area contributed by atoms with Gasteiger partial charge in [0, 0.05) is 11.0 Å². The number of nitrogens with one attached hydrogen (secondary N) is 1. The summed E-state index contributed by atoms with van der Waals surface area (Å²) in [4.78, 5) is 4.06. The predicted octanol–water partition coefficient (Wildman–Crippen LogP) is 3.96. The summed E-state index contributed by atoms with van der Waals surface area (Å²) in [6, 6.07) is 7.57. The molecule has 0 aliphatic rings. The fourth-order valence-electron chi connectivity index (χ4n) is 1.41. The van der Waals surface area contributed by atoms with Gasteiger partial charge < -0.3 is 5.32 Å². The monoisotopic (exact) mass is 270 g/mol. The number of pyridine rings is 1. The van der Waals surface area contributed by atoms with E-state index >= 15 is 0 Å². The van der Waals surface area contributed by atoms with Crippen LogP contribution in [0.15, 0.2) is 35.2 Å². The van der Waals surface area contributed by atoms with Crippen LogP contribution in [0, 0.1) is 17.6 Å². The second kappa shape index (κ2) is 5.30. The fourth-order valence-corrected chi connectivity index (χ4v) is 1.96. The highest BCUT2D eigenvalue weighted by Crippen LogP contribution is 2.28. The number of hydrogen-bond donors (Lipinski definition) is 1. The first-order valence-corrected chi connectivity index (χ1v) is 6.26. The van der Waals surface area contributed by atoms with Gasteiger partial charge in [0.05, 0.1) is 5.69 Å². The van der Waals surface area contributed by atoms with E-state index in [2.05, 4.69) is 10.3 Å². The molecule has 1 aromatic heterocycles. The number of benzene rings is 1. The van der Waals surface area contributed by atoms with Crippen molar-refractivity contribution in [2.24, 2.45) is 0 Å². The highest BCUT2D eigenvalue weighted by atomic mass is 32.2. The zero-order valence-corrected chi connectivity index (χ0v) is 10.2. The maximum Gasteiger partial charge on any atom is 0.251 e. The lowest BCUT2D eigenvalue weighted by Gasteiger charge is -2.10. The molecule has 0 saturated heterocycles. The molecule has 0 unspecified atom stereocenters. The van der Waals surface area contributed by atoms with Gasteiger partial charge in [-0.05, 0) is 18.4 Å². The molecule has 0 amide bonds. The molecule has 0 aliphatic carbocycles. The van der Waals surface area contributed by atoms with Gasteiger partial charge in [0.15, 0.2) is 17.5 Å². The Kier molecular flexibility index (Phi) is 3.76. The van der Waals surface area contributed by atoms with Gasteiger partial charge in [0.1, 0.15) is 0 Å². The summed E-state index contributed by atoms with van der Waals surface area (Å²) in [7, 11) is 0. The standard InChI is InChI=1S/C12H9F3N2S/c1-18-10-5-3-2-4-9(10)16-12-8(14)6-7(13)11(15)17-12/h2-6H,1H3,(H,16,17). The van der Waals surface area contributed by atoms with Crippen LogP contribution in [-0.2, 0) is 0 Å². The third kappa shape index (κ3) is 2.59. The van der Waals surface area contributed by atoms with Crippen molar-refractivity contribution >= 4 is 23.3 Å². The molecule has 0 bridgehead atoms. The Bertz CT molecular complexity index is 575. The van der Waals surface area contributed by atoms with Crippen LogP contribution in [-0.4, -0.2) is 11.2 Å². The maximum atomic E-state index is 13.4. The second-order valence-corrected chi connectivity index (χ2v) is 4.26. The Labute approximate surface area is 106 Å². The van der Waals surface area contributed by atoms with E-state index in [9.17, 15) is 13.2 Å². The average molecular weight is 270 g/mol. The summed E-state index contributed by atoms with van der Waals surface area (Å²) in [6.07, 6.45) is 1.86. The Morgan fingerprint density at radius 3 is 2.56 bits per heavy atom. The molecule has 2 nitrogen and oxygen atoms in total. The van der Waals surface area contributed by atoms with E-state index in [0.717, 1.165) is 4.90 Å². The first kappa shape index (κ1) is 12.8. The Balaban J connectivity index is 2.37. The number of nitrogens with zero attached hydrogens (tertiary/aromatic N) is 1. The van der Waals surface area contributed by atoms with Gasteiger partial charge in [-0.3, -0.25) is 0 Å². The van der Waals surface area contributed by atoms with Crippen molar-refractivity contribution in [1.82, 2.24) is 4.98 Å². The molecule has 94 valence electrons. The molecule has 2 rings (SSSR count). The van der Waals surface area contributed by atoms with Crippen LogP contribution in [0.5, 0.6) is 0 Å². The Hall–Kier alpha value is -1.69. The van der Waals surface area contributed by atoms with Crippen molar-refractivity contribution in [3.8, 4) is 0 Å². The maximum absolute atomic E-state index is 13.4. The number of anilines is 2. The molecule has 1 aromatic carbocycles. The number of aromatic nitrogens is 1. The number of para-hydroxylation sites is 1. The van der Waals surface area contributed by atoms with Gasteiger partial charge in [-0.25, -0.2) is 8.78 Å². The van der Waals surface area contributed by atoms with Crippen LogP contribution in [0.1, 0.15) is 0 Å². The van der Waals surface area contributed by atoms with Crippen LogP contribution in [0.3, 0.4) is 0 Å². The number of halogens is 3. The van der Waals surface area contributed by atoms with Crippen molar-refractivity contribution in [2.75, 3.05) is 11.6 Å². The fraction of sp³-hybridized carbons (Fsp3) is 0.0833. The first-order valence-electron chi connectivity index (χ1n) is 5.03. The summed E-state index contributed by atoms with van der Waals surface area (Å²) < 4.78 is 39.1. The van der Waals surface area contributed by atoms with Gasteiger partial charge in [0.2, 0.25) is 0 Å². The topological polar surface area (TPSA) is 24.9 Å². The number of rotatable bonds is 3. The zero-order valence-electron chi connectivity index (χ0n) is 9.38. The molecule has 6 heteroatoms. The summed E-state index contributed by atoms with van der Waals surface area (Å²) in [5, 5.41) is 2.65. The quantitative estimate of drug-likeness (QED) is 0.675. The van der Waals surface area contributed by atoms with Crippen molar-refractivity contribution in [3.05, 3.63) is 47.9 Å². The van der Waals surface area contributed by atoms with E-state index in [-0.39, 0.29) is 5.82 Å². The van der Waals surface area contributed by atoms with E-state index in [1.165, 1.54) is 11.8 Å². The van der Waals surface area contributed by atoms with E-state index < -0.39 is 17.6 Å². The molecular weight excluding hydrogens is 261 g/mol. The van der Waals surface area contributed by atoms with Gasteiger partial charge in [0.25, 0.3) is 5.95 Å². The molecule has 1 heterocycles. The van der Waals surface area contributed by atoms with Crippen molar-refractivity contribution in [2.45, 2.75) is 4.90 Å². The SMILES string of the molecule is CSc1ccccc1Nc1nc(F)c(F)cc1F. The van der Waals surface area contributed by atoms with Crippen LogP contribution in [0.2, 0.25) is 0 Å². The lowest BCUT2D eigenvalue weighted by molar-refractivity contribution is 0.467. The highest BCUT2D eigenvalue weighted by Gasteiger charge is 2.12. The van der Waals surface area contributed by atoms with E-state index in [1.54, 1.807) is 12.1 Å². The third-order valence-electron chi connectivity index (χ3n) is 2.25. The van der Waals surface area contributed by atoms with Crippen molar-refractivity contribution < 1.29 is 13.2 Å². The smallest absolute Gasteiger partial charge is 0.251 e. The molecular formula is C12H9F3N2S. The van der Waals surface area contributed by atoms with Gasteiger partial charge in [-0.1, -0.05) is 12.1 Å². The Morgan fingerprint density at radius 2 is 1.83 bits per heavy atom. The first-order chi connectivity index (χ1) is 8.61. The van der Waals surface area contributed by atoms with Crippen LogP contribution in [0.4, 0.5) is 24.7 Å².